The third kappa shape index (κ3) is 3.57. The number of ketones is 1. The van der Waals surface area contributed by atoms with Crippen LogP contribution >= 0.6 is 27.5 Å². The lowest BCUT2D eigenvalue weighted by Crippen LogP contribution is -2.18. The highest BCUT2D eigenvalue weighted by Crippen LogP contribution is 2.26. The molecule has 0 radical (unpaired) electrons. The summed E-state index contributed by atoms with van der Waals surface area (Å²) in [6.07, 6.45) is 0. The number of nitrogens with zero attached hydrogens (tertiary/aromatic N) is 2. The molecule has 1 aromatic heterocycles. The Kier molecular flexibility index (Phi) is 5.25. The topological polar surface area (TPSA) is 64.0 Å². The largest absolute Gasteiger partial charge is 0.320 e. The summed E-state index contributed by atoms with van der Waals surface area (Å²) in [5.74, 6) is -0.590. The SMILES string of the molecule is Cc1nn(C)c(C(=O)Nc2ccc(Cl)cc2C(=O)c2ccccc2)c1Br. The van der Waals surface area contributed by atoms with Crippen molar-refractivity contribution in [3.05, 3.63) is 80.5 Å². The van der Waals surface area contributed by atoms with E-state index in [1.54, 1.807) is 56.4 Å². The molecule has 1 amide bonds. The molecule has 0 spiro atoms. The molecule has 7 heteroatoms. The van der Waals surface area contributed by atoms with Crippen molar-refractivity contribution >= 4 is 44.9 Å². The number of carbonyl (C=O) groups is 2. The molecule has 2 aromatic carbocycles. The zero-order valence-electron chi connectivity index (χ0n) is 14.1. The fraction of sp³-hybridized carbons (Fsp3) is 0.105. The van der Waals surface area contributed by atoms with Crippen LogP contribution in [0.4, 0.5) is 5.69 Å². The number of aryl methyl sites for hydroxylation is 2. The predicted molar refractivity (Wildman–Crippen MR) is 105 cm³/mol. The Balaban J connectivity index is 1.98. The first kappa shape index (κ1) is 18.4. The van der Waals surface area contributed by atoms with E-state index in [9.17, 15) is 9.59 Å². The Morgan fingerprint density at radius 2 is 1.85 bits per heavy atom. The molecule has 0 bridgehead atoms. The maximum atomic E-state index is 12.8. The van der Waals surface area contributed by atoms with Crippen molar-refractivity contribution in [2.75, 3.05) is 5.32 Å². The van der Waals surface area contributed by atoms with Crippen LogP contribution in [0.2, 0.25) is 5.02 Å². The second-order valence-corrected chi connectivity index (χ2v) is 6.94. The molecular weight excluding hydrogens is 418 g/mol. The van der Waals surface area contributed by atoms with Gasteiger partial charge in [-0.05, 0) is 41.1 Å². The molecule has 0 saturated carbocycles. The monoisotopic (exact) mass is 431 g/mol. The number of rotatable bonds is 4. The summed E-state index contributed by atoms with van der Waals surface area (Å²) in [5, 5.41) is 7.42. The Bertz CT molecular complexity index is 1000. The first-order chi connectivity index (χ1) is 12.4. The highest BCUT2D eigenvalue weighted by molar-refractivity contribution is 9.10. The normalized spacial score (nSPS) is 10.6. The lowest BCUT2D eigenvalue weighted by Gasteiger charge is -2.11. The Morgan fingerprint density at radius 1 is 1.15 bits per heavy atom. The van der Waals surface area contributed by atoms with Gasteiger partial charge in [0.2, 0.25) is 0 Å². The fourth-order valence-corrected chi connectivity index (χ4v) is 3.31. The van der Waals surface area contributed by atoms with Crippen LogP contribution in [0.5, 0.6) is 0 Å². The summed E-state index contributed by atoms with van der Waals surface area (Å²) in [4.78, 5) is 25.6. The summed E-state index contributed by atoms with van der Waals surface area (Å²) in [7, 11) is 1.69. The van der Waals surface area contributed by atoms with Gasteiger partial charge in [0.05, 0.1) is 15.9 Å². The number of aromatic nitrogens is 2. The molecule has 132 valence electrons. The minimum atomic E-state index is -0.371. The first-order valence-electron chi connectivity index (χ1n) is 7.78. The maximum absolute atomic E-state index is 12.8. The standard InChI is InChI=1S/C19H15BrClN3O2/c1-11-16(20)17(24(2)23-11)19(26)22-15-9-8-13(21)10-14(15)18(25)12-6-4-3-5-7-12/h3-10H,1-2H3,(H,22,26). The van der Waals surface area contributed by atoms with E-state index >= 15 is 0 Å². The quantitative estimate of drug-likeness (QED) is 0.612. The highest BCUT2D eigenvalue weighted by atomic mass is 79.9. The highest BCUT2D eigenvalue weighted by Gasteiger charge is 2.21. The molecule has 3 aromatic rings. The van der Waals surface area contributed by atoms with Crippen molar-refractivity contribution in [2.24, 2.45) is 7.05 Å². The second-order valence-electron chi connectivity index (χ2n) is 5.71. The third-order valence-electron chi connectivity index (χ3n) is 3.87. The van der Waals surface area contributed by atoms with Gasteiger partial charge in [-0.3, -0.25) is 14.3 Å². The fourth-order valence-electron chi connectivity index (χ4n) is 2.62. The van der Waals surface area contributed by atoms with Gasteiger partial charge in [-0.1, -0.05) is 41.9 Å². The van der Waals surface area contributed by atoms with Crippen LogP contribution in [0.3, 0.4) is 0 Å². The molecule has 26 heavy (non-hydrogen) atoms. The van der Waals surface area contributed by atoms with E-state index < -0.39 is 0 Å². The number of carbonyl (C=O) groups excluding carboxylic acids is 2. The molecule has 0 saturated heterocycles. The van der Waals surface area contributed by atoms with Crippen LogP contribution in [0.25, 0.3) is 0 Å². The van der Waals surface area contributed by atoms with Gasteiger partial charge in [-0.25, -0.2) is 0 Å². The molecule has 3 rings (SSSR count). The molecule has 0 aliphatic carbocycles. The van der Waals surface area contributed by atoms with Gasteiger partial charge in [0.15, 0.2) is 5.78 Å². The van der Waals surface area contributed by atoms with Crippen LogP contribution < -0.4 is 5.32 Å². The van der Waals surface area contributed by atoms with E-state index in [-0.39, 0.29) is 11.7 Å². The Labute approximate surface area is 164 Å². The van der Waals surface area contributed by atoms with Crippen molar-refractivity contribution in [3.8, 4) is 0 Å². The second kappa shape index (κ2) is 7.43. The average molecular weight is 433 g/mol. The van der Waals surface area contributed by atoms with Crippen molar-refractivity contribution in [2.45, 2.75) is 6.92 Å². The van der Waals surface area contributed by atoms with Crippen molar-refractivity contribution in [3.63, 3.8) is 0 Å². The molecule has 5 nitrogen and oxygen atoms in total. The van der Waals surface area contributed by atoms with E-state index in [4.69, 9.17) is 11.6 Å². The van der Waals surface area contributed by atoms with E-state index in [1.165, 1.54) is 4.68 Å². The summed E-state index contributed by atoms with van der Waals surface area (Å²) < 4.78 is 2.10. The number of hydrogen-bond donors (Lipinski definition) is 1. The minimum Gasteiger partial charge on any atom is -0.320 e. The summed E-state index contributed by atoms with van der Waals surface area (Å²) >= 11 is 9.45. The van der Waals surface area contributed by atoms with E-state index in [0.717, 1.165) is 0 Å². The smallest absolute Gasteiger partial charge is 0.275 e. The zero-order chi connectivity index (χ0) is 18.8. The third-order valence-corrected chi connectivity index (χ3v) is 5.06. The van der Waals surface area contributed by atoms with Gasteiger partial charge >= 0.3 is 0 Å². The number of hydrogen-bond acceptors (Lipinski definition) is 3. The van der Waals surface area contributed by atoms with Crippen molar-refractivity contribution < 1.29 is 9.59 Å². The zero-order valence-corrected chi connectivity index (χ0v) is 16.4. The van der Waals surface area contributed by atoms with Crippen LogP contribution in [0, 0.1) is 6.92 Å². The van der Waals surface area contributed by atoms with Crippen molar-refractivity contribution in [1.29, 1.82) is 0 Å². The van der Waals surface area contributed by atoms with Crippen LogP contribution in [-0.2, 0) is 7.05 Å². The Hall–Kier alpha value is -2.44. The minimum absolute atomic E-state index is 0.219. The molecule has 0 unspecified atom stereocenters. The summed E-state index contributed by atoms with van der Waals surface area (Å²) in [6.45, 7) is 1.80. The number of anilines is 1. The van der Waals surface area contributed by atoms with E-state index in [2.05, 4.69) is 26.3 Å². The molecule has 0 aliphatic heterocycles. The number of benzene rings is 2. The van der Waals surface area contributed by atoms with Gasteiger partial charge in [0, 0.05) is 23.2 Å². The number of amides is 1. The summed E-state index contributed by atoms with van der Waals surface area (Å²) in [6, 6.07) is 13.6. The van der Waals surface area contributed by atoms with Crippen molar-refractivity contribution in [1.82, 2.24) is 9.78 Å². The van der Waals surface area contributed by atoms with Gasteiger partial charge in [0.1, 0.15) is 5.69 Å². The molecule has 1 N–H and O–H groups in total. The molecular formula is C19H15BrClN3O2. The van der Waals surface area contributed by atoms with Crippen LogP contribution in [0.1, 0.15) is 32.1 Å². The lowest BCUT2D eigenvalue weighted by atomic mass is 10.0. The lowest BCUT2D eigenvalue weighted by molar-refractivity contribution is 0.101. The van der Waals surface area contributed by atoms with E-state index in [0.29, 0.717) is 37.7 Å². The maximum Gasteiger partial charge on any atom is 0.275 e. The summed E-state index contributed by atoms with van der Waals surface area (Å²) in [5.41, 5.74) is 2.30. The molecule has 0 aliphatic rings. The van der Waals surface area contributed by atoms with Gasteiger partial charge in [0.25, 0.3) is 5.91 Å². The molecule has 0 atom stereocenters. The van der Waals surface area contributed by atoms with Gasteiger partial charge in [-0.15, -0.1) is 0 Å². The van der Waals surface area contributed by atoms with Crippen LogP contribution in [-0.4, -0.2) is 21.5 Å². The molecule has 0 fully saturated rings. The predicted octanol–water partition coefficient (Wildman–Crippen LogP) is 4.63. The van der Waals surface area contributed by atoms with Gasteiger partial charge in [-0.2, -0.15) is 5.10 Å². The van der Waals surface area contributed by atoms with Crippen LogP contribution in [0.15, 0.2) is 53.0 Å². The number of halogens is 2. The van der Waals surface area contributed by atoms with Gasteiger partial charge < -0.3 is 5.32 Å². The first-order valence-corrected chi connectivity index (χ1v) is 8.95. The number of nitrogens with one attached hydrogen (secondary N) is 1. The molecule has 1 heterocycles. The average Bonchev–Trinajstić information content (AvgIpc) is 2.88. The Morgan fingerprint density at radius 3 is 2.46 bits per heavy atom. The van der Waals surface area contributed by atoms with E-state index in [1.807, 2.05) is 6.07 Å².